The van der Waals surface area contributed by atoms with E-state index in [-0.39, 0.29) is 11.7 Å². The third-order valence-electron chi connectivity index (χ3n) is 3.42. The highest BCUT2D eigenvalue weighted by Gasteiger charge is 2.20. The second kappa shape index (κ2) is 8.23. The van der Waals surface area contributed by atoms with Gasteiger partial charge in [-0.3, -0.25) is 4.79 Å². The Morgan fingerprint density at radius 2 is 2.15 bits per heavy atom. The number of hydrogen-bond acceptors (Lipinski definition) is 5. The molecule has 6 nitrogen and oxygen atoms in total. The molecule has 1 aromatic carbocycles. The van der Waals surface area contributed by atoms with Crippen LogP contribution in [0.3, 0.4) is 0 Å². The maximum Gasteiger partial charge on any atom is 0.249 e. The summed E-state index contributed by atoms with van der Waals surface area (Å²) >= 11 is 1.50. The number of para-hydroxylation sites is 1. The summed E-state index contributed by atoms with van der Waals surface area (Å²) in [5.41, 5.74) is 1.17. The number of nitrogens with zero attached hydrogens (tertiary/aromatic N) is 3. The smallest absolute Gasteiger partial charge is 0.249 e. The van der Waals surface area contributed by atoms with Gasteiger partial charge >= 0.3 is 0 Å². The molecular formula is C19H16N4O2S. The van der Waals surface area contributed by atoms with Crippen molar-refractivity contribution in [3.8, 4) is 11.8 Å². The summed E-state index contributed by atoms with van der Waals surface area (Å²) in [6.45, 7) is 2.00. The minimum Gasteiger partial charge on any atom is -0.465 e. The molecule has 3 aromatic rings. The molecule has 0 saturated heterocycles. The van der Waals surface area contributed by atoms with Gasteiger partial charge < -0.3 is 9.73 Å². The van der Waals surface area contributed by atoms with Gasteiger partial charge in [-0.2, -0.15) is 5.26 Å². The van der Waals surface area contributed by atoms with E-state index in [9.17, 15) is 10.1 Å². The van der Waals surface area contributed by atoms with Gasteiger partial charge in [0.25, 0.3) is 0 Å². The van der Waals surface area contributed by atoms with Crippen LogP contribution in [0.4, 0.5) is 5.82 Å². The van der Waals surface area contributed by atoms with Gasteiger partial charge in [-0.05, 0) is 36.1 Å². The average Bonchev–Trinajstić information content (AvgIpc) is 3.29. The van der Waals surface area contributed by atoms with Gasteiger partial charge in [0.05, 0.1) is 12.0 Å². The van der Waals surface area contributed by atoms with Gasteiger partial charge in [0.15, 0.2) is 5.82 Å². The number of nitriles is 1. The summed E-state index contributed by atoms with van der Waals surface area (Å²) in [6, 6.07) is 15.1. The molecule has 0 aliphatic heterocycles. The number of nitrogens with one attached hydrogen (secondary N) is 1. The van der Waals surface area contributed by atoms with Crippen LogP contribution in [0.15, 0.2) is 64.2 Å². The number of hydrogen-bond donors (Lipinski definition) is 1. The van der Waals surface area contributed by atoms with Gasteiger partial charge in [0, 0.05) is 6.08 Å². The first-order valence-electron chi connectivity index (χ1n) is 7.96. The van der Waals surface area contributed by atoms with Crippen molar-refractivity contribution in [3.63, 3.8) is 0 Å². The highest BCUT2D eigenvalue weighted by molar-refractivity contribution is 7.99. The minimum atomic E-state index is -0.385. The van der Waals surface area contributed by atoms with Gasteiger partial charge in [0.2, 0.25) is 5.91 Å². The first-order chi connectivity index (χ1) is 12.7. The average molecular weight is 364 g/mol. The van der Waals surface area contributed by atoms with Crippen LogP contribution in [0.1, 0.15) is 18.2 Å². The van der Waals surface area contributed by atoms with E-state index in [2.05, 4.69) is 16.5 Å². The first kappa shape index (κ1) is 17.6. The van der Waals surface area contributed by atoms with Crippen molar-refractivity contribution in [2.45, 2.75) is 11.9 Å². The molecule has 1 N–H and O–H groups in total. The zero-order valence-electron chi connectivity index (χ0n) is 14.0. The largest absolute Gasteiger partial charge is 0.465 e. The summed E-state index contributed by atoms with van der Waals surface area (Å²) in [6.07, 6.45) is 4.42. The van der Waals surface area contributed by atoms with Gasteiger partial charge in [-0.1, -0.05) is 25.1 Å². The van der Waals surface area contributed by atoms with Crippen LogP contribution < -0.4 is 5.32 Å². The number of rotatable bonds is 6. The Morgan fingerprint density at radius 3 is 2.81 bits per heavy atom. The molecule has 0 fully saturated rings. The van der Waals surface area contributed by atoms with Crippen molar-refractivity contribution in [1.29, 1.82) is 5.26 Å². The normalized spacial score (nSPS) is 10.8. The molecule has 1 amide bonds. The van der Waals surface area contributed by atoms with Crippen LogP contribution in [-0.4, -0.2) is 21.4 Å². The van der Waals surface area contributed by atoms with Crippen molar-refractivity contribution in [2.75, 3.05) is 11.1 Å². The fraction of sp³-hybridized carbons (Fsp3) is 0.105. The van der Waals surface area contributed by atoms with E-state index in [0.717, 1.165) is 11.4 Å². The van der Waals surface area contributed by atoms with E-state index in [0.29, 0.717) is 16.3 Å². The Labute approximate surface area is 155 Å². The minimum absolute atomic E-state index is 0.237. The monoisotopic (exact) mass is 364 g/mol. The summed E-state index contributed by atoms with van der Waals surface area (Å²) in [5.74, 6) is 1.20. The number of benzene rings is 1. The lowest BCUT2D eigenvalue weighted by Gasteiger charge is -2.05. The maximum absolute atomic E-state index is 12.2. The van der Waals surface area contributed by atoms with Crippen molar-refractivity contribution >= 4 is 29.6 Å². The summed E-state index contributed by atoms with van der Waals surface area (Å²) < 4.78 is 6.83. The molecule has 0 spiro atoms. The van der Waals surface area contributed by atoms with Gasteiger partial charge in [-0.15, -0.1) is 16.9 Å². The lowest BCUT2D eigenvalue weighted by atomic mass is 10.3. The highest BCUT2D eigenvalue weighted by Crippen LogP contribution is 2.30. The molecule has 2 aromatic heterocycles. The SMILES string of the molecule is CCSc1c(C#N)c(NC(=O)/C=C/c2ccco2)nn1-c1ccccc1. The lowest BCUT2D eigenvalue weighted by molar-refractivity contribution is -0.111. The number of furan rings is 1. The van der Waals surface area contributed by atoms with Crippen LogP contribution in [0, 0.1) is 11.3 Å². The molecule has 0 aliphatic rings. The van der Waals surface area contributed by atoms with E-state index in [1.807, 2.05) is 37.3 Å². The third-order valence-corrected chi connectivity index (χ3v) is 4.36. The topological polar surface area (TPSA) is 83.8 Å². The molecule has 0 bridgehead atoms. The fourth-order valence-corrected chi connectivity index (χ4v) is 3.14. The molecule has 0 aliphatic carbocycles. The van der Waals surface area contributed by atoms with E-state index >= 15 is 0 Å². The maximum atomic E-state index is 12.2. The Hall–Kier alpha value is -3.24. The Bertz CT molecular complexity index is 954. The van der Waals surface area contributed by atoms with Crippen LogP contribution in [0.25, 0.3) is 11.8 Å². The molecular weight excluding hydrogens is 348 g/mol. The van der Waals surface area contributed by atoms with Crippen molar-refractivity contribution in [2.24, 2.45) is 0 Å². The summed E-state index contributed by atoms with van der Waals surface area (Å²) in [7, 11) is 0. The van der Waals surface area contributed by atoms with E-state index in [1.165, 1.54) is 24.1 Å². The number of anilines is 1. The quantitative estimate of drug-likeness (QED) is 0.526. The number of amides is 1. The predicted octanol–water partition coefficient (Wildman–Crippen LogP) is 4.10. The highest BCUT2D eigenvalue weighted by atomic mass is 32.2. The number of carbonyl (C=O) groups excluding carboxylic acids is 1. The van der Waals surface area contributed by atoms with Gasteiger partial charge in [0.1, 0.15) is 22.4 Å². The predicted molar refractivity (Wildman–Crippen MR) is 101 cm³/mol. The summed E-state index contributed by atoms with van der Waals surface area (Å²) in [4.78, 5) is 12.2. The Kier molecular flexibility index (Phi) is 5.56. The van der Waals surface area contributed by atoms with Gasteiger partial charge in [-0.25, -0.2) is 4.68 Å². The molecule has 0 atom stereocenters. The number of aromatic nitrogens is 2. The summed E-state index contributed by atoms with van der Waals surface area (Å²) in [5, 5.41) is 17.4. The second-order valence-corrected chi connectivity index (χ2v) is 6.41. The van der Waals surface area contributed by atoms with Crippen LogP contribution in [0.5, 0.6) is 0 Å². The third kappa shape index (κ3) is 3.87. The standard InChI is InChI=1S/C19H16N4O2S/c1-2-26-19-16(13-20)18(22-23(19)14-7-4-3-5-8-14)21-17(24)11-10-15-9-6-12-25-15/h3-12H,2H2,1H3,(H,21,22,24)/b11-10+. The molecule has 26 heavy (non-hydrogen) atoms. The molecule has 0 saturated carbocycles. The number of thioether (sulfide) groups is 1. The lowest BCUT2D eigenvalue weighted by Crippen LogP contribution is -2.09. The molecule has 7 heteroatoms. The zero-order valence-corrected chi connectivity index (χ0v) is 14.9. The Balaban J connectivity index is 1.91. The molecule has 0 unspecified atom stereocenters. The van der Waals surface area contributed by atoms with E-state index in [1.54, 1.807) is 22.9 Å². The molecule has 0 radical (unpaired) electrons. The van der Waals surface area contributed by atoms with Crippen molar-refractivity contribution in [1.82, 2.24) is 9.78 Å². The number of carbonyl (C=O) groups is 1. The van der Waals surface area contributed by atoms with E-state index < -0.39 is 0 Å². The van der Waals surface area contributed by atoms with Crippen molar-refractivity contribution in [3.05, 3.63) is 66.1 Å². The molecule has 3 rings (SSSR count). The zero-order chi connectivity index (χ0) is 18.4. The van der Waals surface area contributed by atoms with E-state index in [4.69, 9.17) is 4.42 Å². The van der Waals surface area contributed by atoms with Crippen LogP contribution in [-0.2, 0) is 4.79 Å². The second-order valence-electron chi connectivity index (χ2n) is 5.16. The van der Waals surface area contributed by atoms with Crippen molar-refractivity contribution < 1.29 is 9.21 Å². The molecule has 2 heterocycles. The first-order valence-corrected chi connectivity index (χ1v) is 8.95. The van der Waals surface area contributed by atoms with Crippen LogP contribution in [0.2, 0.25) is 0 Å². The Morgan fingerprint density at radius 1 is 1.35 bits per heavy atom. The van der Waals surface area contributed by atoms with Crippen LogP contribution >= 0.6 is 11.8 Å². The fourth-order valence-electron chi connectivity index (χ4n) is 2.31. The molecule has 130 valence electrons.